The molecule has 0 fully saturated rings. The molecule has 0 saturated heterocycles. The lowest BCUT2D eigenvalue weighted by Gasteiger charge is -2.11. The van der Waals surface area contributed by atoms with Gasteiger partial charge >= 0.3 is 0 Å². The van der Waals surface area contributed by atoms with E-state index in [0.29, 0.717) is 11.4 Å². The van der Waals surface area contributed by atoms with Crippen LogP contribution in [-0.2, 0) is 17.1 Å². The standard InChI is InChI=1S/C18H19N3O2S/c1-13-9-10-14(2)16(11-13)20-24(22,23)17-12-21(3)19-18(17)15-7-5-4-6-8-15/h4-12,20H,1-3H3. The summed E-state index contributed by atoms with van der Waals surface area (Å²) in [4.78, 5) is 0.164. The average molecular weight is 341 g/mol. The third-order valence-electron chi connectivity index (χ3n) is 3.77. The summed E-state index contributed by atoms with van der Waals surface area (Å²) in [6.45, 7) is 3.80. The maximum atomic E-state index is 12.9. The molecule has 0 saturated carbocycles. The third-order valence-corrected chi connectivity index (χ3v) is 5.14. The van der Waals surface area contributed by atoms with Crippen LogP contribution < -0.4 is 4.72 Å². The number of sulfonamides is 1. The summed E-state index contributed by atoms with van der Waals surface area (Å²) in [7, 11) is -2.03. The van der Waals surface area contributed by atoms with E-state index in [9.17, 15) is 8.42 Å². The summed E-state index contributed by atoms with van der Waals surface area (Å²) in [5.74, 6) is 0. The smallest absolute Gasteiger partial charge is 0.265 e. The highest BCUT2D eigenvalue weighted by Gasteiger charge is 2.23. The van der Waals surface area contributed by atoms with Gasteiger partial charge in [-0.25, -0.2) is 8.42 Å². The van der Waals surface area contributed by atoms with Crippen molar-refractivity contribution >= 4 is 15.7 Å². The van der Waals surface area contributed by atoms with Crippen LogP contribution in [-0.4, -0.2) is 18.2 Å². The third kappa shape index (κ3) is 3.19. The molecule has 0 unspecified atom stereocenters. The zero-order valence-electron chi connectivity index (χ0n) is 13.8. The lowest BCUT2D eigenvalue weighted by Crippen LogP contribution is -2.14. The maximum Gasteiger partial charge on any atom is 0.265 e. The first-order valence-corrected chi connectivity index (χ1v) is 9.04. The minimum absolute atomic E-state index is 0.164. The second-order valence-corrected chi connectivity index (χ2v) is 7.46. The van der Waals surface area contributed by atoms with Crippen molar-refractivity contribution in [1.29, 1.82) is 0 Å². The molecular weight excluding hydrogens is 322 g/mol. The molecule has 0 aliphatic heterocycles. The van der Waals surface area contributed by atoms with Gasteiger partial charge in [0.2, 0.25) is 0 Å². The van der Waals surface area contributed by atoms with Crippen LogP contribution in [0.1, 0.15) is 11.1 Å². The van der Waals surface area contributed by atoms with Crippen LogP contribution in [0.15, 0.2) is 59.6 Å². The Morgan fingerprint density at radius 2 is 1.75 bits per heavy atom. The molecule has 0 aliphatic carbocycles. The van der Waals surface area contributed by atoms with E-state index in [1.165, 1.54) is 10.9 Å². The molecule has 3 aromatic rings. The zero-order chi connectivity index (χ0) is 17.3. The normalized spacial score (nSPS) is 11.5. The summed E-state index contributed by atoms with van der Waals surface area (Å²) < 4.78 is 30.0. The summed E-state index contributed by atoms with van der Waals surface area (Å²) in [6.07, 6.45) is 1.52. The van der Waals surface area contributed by atoms with Crippen LogP contribution >= 0.6 is 0 Å². The van der Waals surface area contributed by atoms with E-state index in [0.717, 1.165) is 16.7 Å². The molecule has 24 heavy (non-hydrogen) atoms. The molecule has 0 amide bonds. The van der Waals surface area contributed by atoms with E-state index in [-0.39, 0.29) is 4.90 Å². The molecule has 5 nitrogen and oxygen atoms in total. The minimum Gasteiger partial charge on any atom is -0.279 e. The molecule has 1 N–H and O–H groups in total. The fraction of sp³-hybridized carbons (Fsp3) is 0.167. The topological polar surface area (TPSA) is 64.0 Å². The highest BCUT2D eigenvalue weighted by atomic mass is 32.2. The number of nitrogens with one attached hydrogen (secondary N) is 1. The van der Waals surface area contributed by atoms with Crippen LogP contribution in [0.5, 0.6) is 0 Å². The van der Waals surface area contributed by atoms with Crippen molar-refractivity contribution in [3.8, 4) is 11.3 Å². The fourth-order valence-corrected chi connectivity index (χ4v) is 3.83. The average Bonchev–Trinajstić information content (AvgIpc) is 2.94. The number of nitrogens with zero attached hydrogens (tertiary/aromatic N) is 2. The Kier molecular flexibility index (Phi) is 4.15. The van der Waals surface area contributed by atoms with Gasteiger partial charge in [0, 0.05) is 18.8 Å². The summed E-state index contributed by atoms with van der Waals surface area (Å²) in [6, 6.07) is 15.0. The Balaban J connectivity index is 2.06. The van der Waals surface area contributed by atoms with Gasteiger partial charge in [-0.15, -0.1) is 0 Å². The summed E-state index contributed by atoms with van der Waals surface area (Å²) >= 11 is 0. The molecule has 0 bridgehead atoms. The van der Waals surface area contributed by atoms with Crippen LogP contribution in [0, 0.1) is 13.8 Å². The van der Waals surface area contributed by atoms with Crippen molar-refractivity contribution in [2.75, 3.05) is 4.72 Å². The number of aromatic nitrogens is 2. The van der Waals surface area contributed by atoms with Crippen LogP contribution in [0.3, 0.4) is 0 Å². The Morgan fingerprint density at radius 1 is 1.04 bits per heavy atom. The first kappa shape index (κ1) is 16.3. The van der Waals surface area contributed by atoms with Crippen molar-refractivity contribution in [2.45, 2.75) is 18.7 Å². The van der Waals surface area contributed by atoms with Gasteiger partial charge in [-0.05, 0) is 31.0 Å². The quantitative estimate of drug-likeness (QED) is 0.790. The Bertz CT molecular complexity index is 977. The molecule has 1 heterocycles. The lowest BCUT2D eigenvalue weighted by atomic mass is 10.1. The summed E-state index contributed by atoms with van der Waals surface area (Å²) in [5.41, 5.74) is 3.65. The fourth-order valence-electron chi connectivity index (χ4n) is 2.50. The molecule has 0 radical (unpaired) electrons. The van der Waals surface area contributed by atoms with Gasteiger partial charge in [-0.1, -0.05) is 42.5 Å². The predicted molar refractivity (Wildman–Crippen MR) is 95.4 cm³/mol. The minimum atomic E-state index is -3.74. The molecule has 2 aromatic carbocycles. The molecule has 3 rings (SSSR count). The second-order valence-electron chi connectivity index (χ2n) is 5.81. The predicted octanol–water partition coefficient (Wildman–Crippen LogP) is 3.50. The maximum absolute atomic E-state index is 12.9. The van der Waals surface area contributed by atoms with Crippen LogP contribution in [0.4, 0.5) is 5.69 Å². The Hall–Kier alpha value is -2.60. The van der Waals surface area contributed by atoms with Crippen molar-refractivity contribution in [2.24, 2.45) is 7.05 Å². The number of hydrogen-bond donors (Lipinski definition) is 1. The summed E-state index contributed by atoms with van der Waals surface area (Å²) in [5, 5.41) is 4.33. The monoisotopic (exact) mass is 341 g/mol. The number of benzene rings is 2. The van der Waals surface area contributed by atoms with Gasteiger partial charge in [0.05, 0.1) is 5.69 Å². The first-order chi connectivity index (χ1) is 11.4. The van der Waals surface area contributed by atoms with E-state index in [2.05, 4.69) is 9.82 Å². The van der Waals surface area contributed by atoms with E-state index < -0.39 is 10.0 Å². The highest BCUT2D eigenvalue weighted by molar-refractivity contribution is 7.92. The van der Waals surface area contributed by atoms with Gasteiger partial charge < -0.3 is 0 Å². The molecule has 0 spiro atoms. The van der Waals surface area contributed by atoms with E-state index >= 15 is 0 Å². The number of hydrogen-bond acceptors (Lipinski definition) is 3. The molecule has 0 aliphatic rings. The van der Waals surface area contributed by atoms with E-state index in [1.807, 2.05) is 62.4 Å². The van der Waals surface area contributed by atoms with Crippen molar-refractivity contribution in [3.05, 3.63) is 65.9 Å². The van der Waals surface area contributed by atoms with Gasteiger partial charge in [0.15, 0.2) is 0 Å². The van der Waals surface area contributed by atoms with Crippen molar-refractivity contribution in [3.63, 3.8) is 0 Å². The number of rotatable bonds is 4. The van der Waals surface area contributed by atoms with Crippen LogP contribution in [0.25, 0.3) is 11.3 Å². The van der Waals surface area contributed by atoms with Gasteiger partial charge in [-0.2, -0.15) is 5.10 Å². The number of aryl methyl sites for hydroxylation is 3. The van der Waals surface area contributed by atoms with Crippen LogP contribution in [0.2, 0.25) is 0 Å². The van der Waals surface area contributed by atoms with Crippen molar-refractivity contribution < 1.29 is 8.42 Å². The molecule has 6 heteroatoms. The lowest BCUT2D eigenvalue weighted by molar-refractivity contribution is 0.601. The Labute approximate surface area is 142 Å². The molecule has 124 valence electrons. The molecule has 1 aromatic heterocycles. The first-order valence-electron chi connectivity index (χ1n) is 7.56. The van der Waals surface area contributed by atoms with Gasteiger partial charge in [0.25, 0.3) is 10.0 Å². The zero-order valence-corrected chi connectivity index (χ0v) is 14.6. The molecular formula is C18H19N3O2S. The molecule has 0 atom stereocenters. The number of anilines is 1. The second kappa shape index (κ2) is 6.13. The SMILES string of the molecule is Cc1ccc(C)c(NS(=O)(=O)c2cn(C)nc2-c2ccccc2)c1. The van der Waals surface area contributed by atoms with E-state index in [1.54, 1.807) is 7.05 Å². The largest absolute Gasteiger partial charge is 0.279 e. The Morgan fingerprint density at radius 3 is 2.46 bits per heavy atom. The van der Waals surface area contributed by atoms with Gasteiger partial charge in [-0.3, -0.25) is 9.40 Å². The van der Waals surface area contributed by atoms with E-state index in [4.69, 9.17) is 0 Å². The van der Waals surface area contributed by atoms with Gasteiger partial charge in [0.1, 0.15) is 10.6 Å². The highest BCUT2D eigenvalue weighted by Crippen LogP contribution is 2.28. The van der Waals surface area contributed by atoms with Crippen molar-refractivity contribution in [1.82, 2.24) is 9.78 Å².